The molecule has 0 radical (unpaired) electrons. The Hall–Kier alpha value is -3.65. The molecular formula is C22H16FN3O3S. The van der Waals surface area contributed by atoms with E-state index in [9.17, 15) is 9.18 Å². The van der Waals surface area contributed by atoms with E-state index >= 15 is 0 Å². The first kappa shape index (κ1) is 18.4. The molecule has 0 spiro atoms. The number of halogens is 1. The lowest BCUT2D eigenvalue weighted by Gasteiger charge is -2.09. The highest BCUT2D eigenvalue weighted by molar-refractivity contribution is 7.13. The lowest BCUT2D eigenvalue weighted by Crippen LogP contribution is -2.25. The van der Waals surface area contributed by atoms with Crippen LogP contribution in [-0.4, -0.2) is 22.5 Å². The van der Waals surface area contributed by atoms with Gasteiger partial charge in [0.05, 0.1) is 10.6 Å². The number of carbonyl (C=O) groups is 1. The first-order chi connectivity index (χ1) is 14.7. The molecule has 3 heterocycles. The lowest BCUT2D eigenvalue weighted by atomic mass is 10.2. The number of rotatable bonds is 5. The number of hydrogen-bond donors (Lipinski definition) is 1. The highest BCUT2D eigenvalue weighted by Crippen LogP contribution is 2.32. The second-order valence-corrected chi connectivity index (χ2v) is 7.60. The van der Waals surface area contributed by atoms with E-state index in [1.807, 2.05) is 35.7 Å². The molecule has 2 aromatic carbocycles. The second-order valence-electron chi connectivity index (χ2n) is 6.65. The number of amides is 1. The van der Waals surface area contributed by atoms with Gasteiger partial charge in [-0.3, -0.25) is 4.79 Å². The van der Waals surface area contributed by atoms with Gasteiger partial charge < -0.3 is 14.8 Å². The average molecular weight is 421 g/mol. The van der Waals surface area contributed by atoms with Gasteiger partial charge in [-0.15, -0.1) is 11.3 Å². The standard InChI is InChI=1S/C22H16FN3O3S/c23-15-4-6-16(7-5-15)26-18(11-17(25-26)21-2-1-9-30-21)22(27)24-12-14-3-8-19-20(10-14)29-13-28-19/h1-11H,12-13H2,(H,24,27). The summed E-state index contributed by atoms with van der Waals surface area (Å²) in [6, 6.07) is 17.0. The molecule has 1 aliphatic rings. The predicted molar refractivity (Wildman–Crippen MR) is 111 cm³/mol. The van der Waals surface area contributed by atoms with Gasteiger partial charge in [0.25, 0.3) is 5.91 Å². The number of aromatic nitrogens is 2. The van der Waals surface area contributed by atoms with Crippen LogP contribution in [0, 0.1) is 5.82 Å². The maximum Gasteiger partial charge on any atom is 0.270 e. The third kappa shape index (κ3) is 3.53. The molecule has 0 saturated heterocycles. The largest absolute Gasteiger partial charge is 0.454 e. The van der Waals surface area contributed by atoms with E-state index in [1.54, 1.807) is 18.2 Å². The summed E-state index contributed by atoms with van der Waals surface area (Å²) in [5.74, 6) is 0.726. The molecule has 30 heavy (non-hydrogen) atoms. The Morgan fingerprint density at radius 3 is 2.73 bits per heavy atom. The zero-order chi connectivity index (χ0) is 20.5. The van der Waals surface area contributed by atoms with Crippen LogP contribution in [0.3, 0.4) is 0 Å². The molecule has 0 unspecified atom stereocenters. The topological polar surface area (TPSA) is 65.4 Å². The molecule has 2 aromatic heterocycles. The van der Waals surface area contributed by atoms with E-state index < -0.39 is 0 Å². The molecule has 1 aliphatic heterocycles. The lowest BCUT2D eigenvalue weighted by molar-refractivity contribution is 0.0943. The summed E-state index contributed by atoms with van der Waals surface area (Å²) in [6.07, 6.45) is 0. The number of thiophene rings is 1. The van der Waals surface area contributed by atoms with Crippen LogP contribution in [0.5, 0.6) is 11.5 Å². The van der Waals surface area contributed by atoms with E-state index in [1.165, 1.54) is 28.2 Å². The third-order valence-corrected chi connectivity index (χ3v) is 5.57. The van der Waals surface area contributed by atoms with Gasteiger partial charge in [0.2, 0.25) is 6.79 Å². The molecule has 6 nitrogen and oxygen atoms in total. The fourth-order valence-electron chi connectivity index (χ4n) is 3.19. The van der Waals surface area contributed by atoms with E-state index in [0.29, 0.717) is 35.1 Å². The van der Waals surface area contributed by atoms with Crippen LogP contribution in [-0.2, 0) is 6.54 Å². The highest BCUT2D eigenvalue weighted by atomic mass is 32.1. The number of fused-ring (bicyclic) bond motifs is 1. The summed E-state index contributed by atoms with van der Waals surface area (Å²) in [5.41, 5.74) is 2.54. The van der Waals surface area contributed by atoms with Crippen molar-refractivity contribution >= 4 is 17.2 Å². The fraction of sp³-hybridized carbons (Fsp3) is 0.0909. The second kappa shape index (κ2) is 7.64. The Kier molecular flexibility index (Phi) is 4.68. The van der Waals surface area contributed by atoms with Crippen molar-refractivity contribution < 1.29 is 18.7 Å². The van der Waals surface area contributed by atoms with Gasteiger partial charge in [-0.1, -0.05) is 12.1 Å². The van der Waals surface area contributed by atoms with Crippen LogP contribution in [0.4, 0.5) is 4.39 Å². The molecule has 4 aromatic rings. The van der Waals surface area contributed by atoms with Gasteiger partial charge in [0.15, 0.2) is 11.5 Å². The molecule has 1 amide bonds. The van der Waals surface area contributed by atoms with Gasteiger partial charge in [-0.25, -0.2) is 9.07 Å². The molecule has 1 N–H and O–H groups in total. The molecule has 0 bridgehead atoms. The van der Waals surface area contributed by atoms with E-state index in [-0.39, 0.29) is 18.5 Å². The minimum absolute atomic E-state index is 0.202. The molecule has 8 heteroatoms. The van der Waals surface area contributed by atoms with Gasteiger partial charge >= 0.3 is 0 Å². The number of nitrogens with one attached hydrogen (secondary N) is 1. The Bertz CT molecular complexity index is 1200. The molecule has 0 aliphatic carbocycles. The maximum atomic E-state index is 13.4. The van der Waals surface area contributed by atoms with Crippen molar-refractivity contribution in [3.05, 3.63) is 83.1 Å². The summed E-state index contributed by atoms with van der Waals surface area (Å²) >= 11 is 1.54. The van der Waals surface area contributed by atoms with E-state index in [2.05, 4.69) is 10.4 Å². The predicted octanol–water partition coefficient (Wildman–Crippen LogP) is 4.40. The first-order valence-electron chi connectivity index (χ1n) is 9.24. The quantitative estimate of drug-likeness (QED) is 0.519. The Morgan fingerprint density at radius 1 is 1.10 bits per heavy atom. The van der Waals surface area contributed by atoms with Gasteiger partial charge in [-0.05, 0) is 59.5 Å². The number of benzene rings is 2. The molecule has 150 valence electrons. The van der Waals surface area contributed by atoms with E-state index in [4.69, 9.17) is 9.47 Å². The van der Waals surface area contributed by atoms with Crippen molar-refractivity contribution in [3.8, 4) is 27.8 Å². The van der Waals surface area contributed by atoms with Gasteiger partial charge in [0.1, 0.15) is 17.2 Å². The van der Waals surface area contributed by atoms with Crippen molar-refractivity contribution in [2.24, 2.45) is 0 Å². The number of hydrogen-bond acceptors (Lipinski definition) is 5. The van der Waals surface area contributed by atoms with Gasteiger partial charge in [-0.2, -0.15) is 5.10 Å². The van der Waals surface area contributed by atoms with Crippen molar-refractivity contribution in [2.45, 2.75) is 6.54 Å². The zero-order valence-electron chi connectivity index (χ0n) is 15.7. The minimum atomic E-state index is -0.349. The normalized spacial score (nSPS) is 12.2. The monoisotopic (exact) mass is 421 g/mol. The van der Waals surface area contributed by atoms with Crippen LogP contribution < -0.4 is 14.8 Å². The summed E-state index contributed by atoms with van der Waals surface area (Å²) in [7, 11) is 0. The highest BCUT2D eigenvalue weighted by Gasteiger charge is 2.19. The van der Waals surface area contributed by atoms with Crippen LogP contribution in [0.2, 0.25) is 0 Å². The maximum absolute atomic E-state index is 13.4. The van der Waals surface area contributed by atoms with Gasteiger partial charge in [0, 0.05) is 6.54 Å². The average Bonchev–Trinajstić information content (AvgIpc) is 3.52. The number of carbonyl (C=O) groups excluding carboxylic acids is 1. The fourth-order valence-corrected chi connectivity index (χ4v) is 3.87. The van der Waals surface area contributed by atoms with Crippen LogP contribution in [0.25, 0.3) is 16.3 Å². The van der Waals surface area contributed by atoms with Crippen LogP contribution in [0.15, 0.2) is 66.0 Å². The van der Waals surface area contributed by atoms with Crippen LogP contribution in [0.1, 0.15) is 16.1 Å². The van der Waals surface area contributed by atoms with Crippen molar-refractivity contribution in [2.75, 3.05) is 6.79 Å². The molecule has 0 fully saturated rings. The molecule has 5 rings (SSSR count). The first-order valence-corrected chi connectivity index (χ1v) is 10.1. The molecule has 0 atom stereocenters. The number of ether oxygens (including phenoxy) is 2. The Morgan fingerprint density at radius 2 is 1.93 bits per heavy atom. The van der Waals surface area contributed by atoms with Crippen molar-refractivity contribution in [3.63, 3.8) is 0 Å². The molecular weight excluding hydrogens is 405 g/mol. The Balaban J connectivity index is 1.43. The summed E-state index contributed by atoms with van der Waals surface area (Å²) < 4.78 is 25.6. The van der Waals surface area contributed by atoms with Crippen molar-refractivity contribution in [1.82, 2.24) is 15.1 Å². The van der Waals surface area contributed by atoms with E-state index in [0.717, 1.165) is 10.4 Å². The summed E-state index contributed by atoms with van der Waals surface area (Å²) in [4.78, 5) is 13.9. The van der Waals surface area contributed by atoms with Crippen LogP contribution >= 0.6 is 11.3 Å². The molecule has 0 saturated carbocycles. The smallest absolute Gasteiger partial charge is 0.270 e. The zero-order valence-corrected chi connectivity index (χ0v) is 16.5. The van der Waals surface area contributed by atoms with Crippen molar-refractivity contribution in [1.29, 1.82) is 0 Å². The summed E-state index contributed by atoms with van der Waals surface area (Å²) in [5, 5.41) is 9.45. The third-order valence-electron chi connectivity index (χ3n) is 4.68. The Labute approximate surface area is 175 Å². The summed E-state index contributed by atoms with van der Waals surface area (Å²) in [6.45, 7) is 0.520. The number of nitrogens with zero attached hydrogens (tertiary/aromatic N) is 2. The SMILES string of the molecule is O=C(NCc1ccc2c(c1)OCO2)c1cc(-c2cccs2)nn1-c1ccc(F)cc1. The minimum Gasteiger partial charge on any atom is -0.454 e.